The standard InChI is InChI=1S/C12H16ClNO3/c1-12(11(14)15,7-17-8-16-2)9-5-3-4-6-10(9)13/h3-6H,7-8H2,1-2H3,(H2,14,15)/t12-/m0/s1. The highest BCUT2D eigenvalue weighted by molar-refractivity contribution is 6.31. The normalized spacial score (nSPS) is 14.3. The Labute approximate surface area is 106 Å². The number of carbonyl (C=O) groups excluding carboxylic acids is 1. The minimum atomic E-state index is -0.961. The summed E-state index contributed by atoms with van der Waals surface area (Å²) in [6, 6.07) is 7.08. The van der Waals surface area contributed by atoms with Crippen molar-refractivity contribution < 1.29 is 14.3 Å². The van der Waals surface area contributed by atoms with E-state index in [0.29, 0.717) is 10.6 Å². The molecular weight excluding hydrogens is 242 g/mol. The van der Waals surface area contributed by atoms with Gasteiger partial charge in [-0.2, -0.15) is 0 Å². The Hall–Kier alpha value is -1.10. The average Bonchev–Trinajstić information content (AvgIpc) is 2.29. The number of nitrogens with two attached hydrogens (primary N) is 1. The van der Waals surface area contributed by atoms with Crippen molar-refractivity contribution in [3.8, 4) is 0 Å². The van der Waals surface area contributed by atoms with E-state index in [1.165, 1.54) is 7.11 Å². The van der Waals surface area contributed by atoms with Crippen LogP contribution in [0.5, 0.6) is 0 Å². The number of hydrogen-bond acceptors (Lipinski definition) is 3. The average molecular weight is 258 g/mol. The summed E-state index contributed by atoms with van der Waals surface area (Å²) in [7, 11) is 1.51. The van der Waals surface area contributed by atoms with Crippen LogP contribution in [0.4, 0.5) is 0 Å². The van der Waals surface area contributed by atoms with Gasteiger partial charge in [0, 0.05) is 12.1 Å². The molecule has 0 fully saturated rings. The zero-order valence-electron chi connectivity index (χ0n) is 9.90. The molecule has 1 aromatic rings. The molecule has 0 spiro atoms. The van der Waals surface area contributed by atoms with Gasteiger partial charge in [-0.25, -0.2) is 0 Å². The monoisotopic (exact) mass is 257 g/mol. The Morgan fingerprint density at radius 2 is 2.12 bits per heavy atom. The van der Waals surface area contributed by atoms with Crippen molar-refractivity contribution in [1.29, 1.82) is 0 Å². The van der Waals surface area contributed by atoms with E-state index in [0.717, 1.165) is 0 Å². The summed E-state index contributed by atoms with van der Waals surface area (Å²) in [5.74, 6) is -0.485. The number of amides is 1. The van der Waals surface area contributed by atoms with Crippen LogP contribution in [0.2, 0.25) is 5.02 Å². The van der Waals surface area contributed by atoms with E-state index < -0.39 is 11.3 Å². The maximum atomic E-state index is 11.6. The van der Waals surface area contributed by atoms with E-state index in [4.69, 9.17) is 26.8 Å². The third-order valence-corrected chi connectivity index (χ3v) is 2.93. The number of halogens is 1. The van der Waals surface area contributed by atoms with E-state index in [1.54, 1.807) is 31.2 Å². The first kappa shape index (κ1) is 14.0. The quantitative estimate of drug-likeness (QED) is 0.623. The minimum absolute atomic E-state index is 0.104. The van der Waals surface area contributed by atoms with Crippen LogP contribution in [0.3, 0.4) is 0 Å². The van der Waals surface area contributed by atoms with Crippen LogP contribution in [-0.2, 0) is 19.7 Å². The Morgan fingerprint density at radius 1 is 1.47 bits per heavy atom. The molecule has 0 bridgehead atoms. The van der Waals surface area contributed by atoms with E-state index in [9.17, 15) is 4.79 Å². The Balaban J connectivity index is 2.99. The van der Waals surface area contributed by atoms with Crippen LogP contribution in [0.25, 0.3) is 0 Å². The van der Waals surface area contributed by atoms with Crippen molar-refractivity contribution in [2.75, 3.05) is 20.5 Å². The summed E-state index contributed by atoms with van der Waals surface area (Å²) in [5.41, 5.74) is 5.13. The number of ether oxygens (including phenoxy) is 2. The first-order valence-electron chi connectivity index (χ1n) is 5.14. The predicted molar refractivity (Wildman–Crippen MR) is 65.8 cm³/mol. The summed E-state index contributed by atoms with van der Waals surface area (Å²) in [6.45, 7) is 1.93. The highest BCUT2D eigenvalue weighted by atomic mass is 35.5. The molecule has 2 N–H and O–H groups in total. The number of benzene rings is 1. The van der Waals surface area contributed by atoms with Crippen LogP contribution < -0.4 is 5.73 Å². The summed E-state index contributed by atoms with van der Waals surface area (Å²) >= 11 is 6.07. The van der Waals surface area contributed by atoms with Gasteiger partial charge in [0.25, 0.3) is 0 Å². The Bertz CT molecular complexity index is 397. The molecule has 0 saturated heterocycles. The first-order chi connectivity index (χ1) is 8.02. The van der Waals surface area contributed by atoms with Gasteiger partial charge >= 0.3 is 0 Å². The van der Waals surface area contributed by atoms with Gasteiger partial charge in [-0.15, -0.1) is 0 Å². The SMILES string of the molecule is COCOC[C@](C)(C(N)=O)c1ccccc1Cl. The van der Waals surface area contributed by atoms with Gasteiger partial charge in [0.15, 0.2) is 0 Å². The van der Waals surface area contributed by atoms with Crippen molar-refractivity contribution >= 4 is 17.5 Å². The van der Waals surface area contributed by atoms with Gasteiger partial charge in [-0.05, 0) is 18.6 Å². The second kappa shape index (κ2) is 6.00. The van der Waals surface area contributed by atoms with E-state index in [1.807, 2.05) is 0 Å². The van der Waals surface area contributed by atoms with E-state index >= 15 is 0 Å². The van der Waals surface area contributed by atoms with Crippen LogP contribution in [-0.4, -0.2) is 26.4 Å². The maximum Gasteiger partial charge on any atom is 0.230 e. The lowest BCUT2D eigenvalue weighted by Gasteiger charge is -2.27. The molecule has 1 aromatic carbocycles. The van der Waals surface area contributed by atoms with Crippen molar-refractivity contribution in [3.63, 3.8) is 0 Å². The molecule has 0 aromatic heterocycles. The molecule has 0 unspecified atom stereocenters. The van der Waals surface area contributed by atoms with Gasteiger partial charge in [0.05, 0.1) is 12.0 Å². The summed E-state index contributed by atoms with van der Waals surface area (Å²) in [5, 5.41) is 0.495. The molecule has 5 heteroatoms. The minimum Gasteiger partial charge on any atom is -0.369 e. The molecule has 4 nitrogen and oxygen atoms in total. The fraction of sp³-hybridized carbons (Fsp3) is 0.417. The van der Waals surface area contributed by atoms with Gasteiger partial charge in [-0.3, -0.25) is 4.79 Å². The Kier molecular flexibility index (Phi) is 4.93. The number of methoxy groups -OCH3 is 1. The lowest BCUT2D eigenvalue weighted by Crippen LogP contribution is -2.42. The second-order valence-corrected chi connectivity index (χ2v) is 4.34. The fourth-order valence-electron chi connectivity index (χ4n) is 1.52. The molecule has 0 aliphatic carbocycles. The smallest absolute Gasteiger partial charge is 0.230 e. The molecule has 17 heavy (non-hydrogen) atoms. The topological polar surface area (TPSA) is 61.6 Å². The lowest BCUT2D eigenvalue weighted by atomic mass is 9.82. The zero-order chi connectivity index (χ0) is 12.9. The Morgan fingerprint density at radius 3 is 2.65 bits per heavy atom. The molecule has 1 amide bonds. The number of rotatable bonds is 6. The van der Waals surface area contributed by atoms with Crippen molar-refractivity contribution in [3.05, 3.63) is 34.9 Å². The summed E-state index contributed by atoms with van der Waals surface area (Å²) < 4.78 is 10.0. The highest BCUT2D eigenvalue weighted by Crippen LogP contribution is 2.30. The second-order valence-electron chi connectivity index (χ2n) is 3.93. The highest BCUT2D eigenvalue weighted by Gasteiger charge is 2.35. The molecule has 1 atom stereocenters. The van der Waals surface area contributed by atoms with Crippen LogP contribution >= 0.6 is 11.6 Å². The number of primary amides is 1. The van der Waals surface area contributed by atoms with Gasteiger partial charge < -0.3 is 15.2 Å². The van der Waals surface area contributed by atoms with Gasteiger partial charge in [-0.1, -0.05) is 29.8 Å². The third kappa shape index (κ3) is 3.19. The van der Waals surface area contributed by atoms with Crippen molar-refractivity contribution in [2.45, 2.75) is 12.3 Å². The third-order valence-electron chi connectivity index (χ3n) is 2.60. The molecule has 1 rings (SSSR count). The van der Waals surface area contributed by atoms with Crippen LogP contribution in [0.15, 0.2) is 24.3 Å². The number of hydrogen-bond donors (Lipinski definition) is 1. The first-order valence-corrected chi connectivity index (χ1v) is 5.51. The van der Waals surface area contributed by atoms with Gasteiger partial charge in [0.1, 0.15) is 6.79 Å². The van der Waals surface area contributed by atoms with E-state index in [-0.39, 0.29) is 13.4 Å². The fourth-order valence-corrected chi connectivity index (χ4v) is 1.86. The largest absolute Gasteiger partial charge is 0.369 e. The molecule has 0 saturated carbocycles. The summed E-state index contributed by atoms with van der Waals surface area (Å²) in [4.78, 5) is 11.6. The molecule has 0 aliphatic rings. The van der Waals surface area contributed by atoms with E-state index in [2.05, 4.69) is 0 Å². The molecular formula is C12H16ClNO3. The lowest BCUT2D eigenvalue weighted by molar-refractivity contribution is -0.127. The maximum absolute atomic E-state index is 11.6. The molecule has 94 valence electrons. The van der Waals surface area contributed by atoms with Crippen LogP contribution in [0.1, 0.15) is 12.5 Å². The van der Waals surface area contributed by atoms with Crippen molar-refractivity contribution in [1.82, 2.24) is 0 Å². The zero-order valence-corrected chi connectivity index (χ0v) is 10.7. The summed E-state index contributed by atoms with van der Waals surface area (Å²) in [6.07, 6.45) is 0. The molecule has 0 aliphatic heterocycles. The molecule has 0 radical (unpaired) electrons. The van der Waals surface area contributed by atoms with Gasteiger partial charge in [0.2, 0.25) is 5.91 Å². The number of carbonyl (C=O) groups is 1. The van der Waals surface area contributed by atoms with Crippen molar-refractivity contribution in [2.24, 2.45) is 5.73 Å². The molecule has 0 heterocycles. The van der Waals surface area contributed by atoms with Crippen LogP contribution in [0, 0.1) is 0 Å². The predicted octanol–water partition coefficient (Wildman–Crippen LogP) is 1.70.